The highest BCUT2D eigenvalue weighted by molar-refractivity contribution is 6.33. The summed E-state index contributed by atoms with van der Waals surface area (Å²) in [5.41, 5.74) is 3.21. The van der Waals surface area contributed by atoms with E-state index in [1.807, 2.05) is 24.3 Å². The molecule has 1 aliphatic heterocycles. The van der Waals surface area contributed by atoms with Crippen molar-refractivity contribution in [3.63, 3.8) is 0 Å². The standard InChI is InChI=1S/C17H15ClFNO/c1-10-6-15(18)14(8-16(10)19)12-4-2-11(3-5-12)13-7-17(21)20-9-13/h2-6,8,13H,7,9H2,1H3,(H,20,21). The Morgan fingerprint density at radius 2 is 1.95 bits per heavy atom. The summed E-state index contributed by atoms with van der Waals surface area (Å²) in [5, 5.41) is 3.37. The van der Waals surface area contributed by atoms with Crippen molar-refractivity contribution in [3.05, 3.63) is 58.4 Å². The highest BCUT2D eigenvalue weighted by atomic mass is 35.5. The molecule has 108 valence electrons. The molecule has 1 aliphatic rings. The van der Waals surface area contributed by atoms with Gasteiger partial charge in [-0.2, -0.15) is 0 Å². The first kappa shape index (κ1) is 14.1. The van der Waals surface area contributed by atoms with Crippen molar-refractivity contribution in [1.29, 1.82) is 0 Å². The Balaban J connectivity index is 1.91. The lowest BCUT2D eigenvalue weighted by Gasteiger charge is -2.10. The summed E-state index contributed by atoms with van der Waals surface area (Å²) >= 11 is 6.20. The van der Waals surface area contributed by atoms with Crippen LogP contribution in [0.4, 0.5) is 4.39 Å². The van der Waals surface area contributed by atoms with Crippen LogP contribution in [0.15, 0.2) is 36.4 Å². The van der Waals surface area contributed by atoms with Gasteiger partial charge >= 0.3 is 0 Å². The maximum atomic E-state index is 13.7. The molecule has 0 aromatic heterocycles. The molecule has 1 heterocycles. The normalized spacial score (nSPS) is 17.9. The molecule has 3 rings (SSSR count). The molecule has 0 radical (unpaired) electrons. The van der Waals surface area contributed by atoms with Gasteiger partial charge in [-0.3, -0.25) is 4.79 Å². The number of aryl methyl sites for hydroxylation is 1. The lowest BCUT2D eigenvalue weighted by atomic mass is 9.95. The molecule has 1 atom stereocenters. The first-order valence-corrected chi connectivity index (χ1v) is 7.25. The number of halogens is 2. The first-order chi connectivity index (χ1) is 10.0. The van der Waals surface area contributed by atoms with Gasteiger partial charge < -0.3 is 5.32 Å². The topological polar surface area (TPSA) is 29.1 Å². The van der Waals surface area contributed by atoms with Gasteiger partial charge in [0.2, 0.25) is 5.91 Å². The minimum absolute atomic E-state index is 0.0905. The fourth-order valence-electron chi connectivity index (χ4n) is 2.64. The molecule has 2 nitrogen and oxygen atoms in total. The molecular weight excluding hydrogens is 289 g/mol. The second-order valence-electron chi connectivity index (χ2n) is 5.41. The highest BCUT2D eigenvalue weighted by Gasteiger charge is 2.22. The summed E-state index contributed by atoms with van der Waals surface area (Å²) in [4.78, 5) is 11.3. The van der Waals surface area contributed by atoms with E-state index in [9.17, 15) is 9.18 Å². The zero-order valence-electron chi connectivity index (χ0n) is 11.6. The number of rotatable bonds is 2. The summed E-state index contributed by atoms with van der Waals surface area (Å²) in [7, 11) is 0. The Bertz CT molecular complexity index is 697. The molecular formula is C17H15ClFNO. The Morgan fingerprint density at radius 1 is 1.24 bits per heavy atom. The van der Waals surface area contributed by atoms with E-state index >= 15 is 0 Å². The number of carbonyl (C=O) groups is 1. The van der Waals surface area contributed by atoms with Crippen molar-refractivity contribution in [2.24, 2.45) is 0 Å². The van der Waals surface area contributed by atoms with E-state index in [0.717, 1.165) is 11.1 Å². The van der Waals surface area contributed by atoms with E-state index in [-0.39, 0.29) is 17.6 Å². The Morgan fingerprint density at radius 3 is 2.57 bits per heavy atom. The van der Waals surface area contributed by atoms with Crippen LogP contribution in [0, 0.1) is 12.7 Å². The quantitative estimate of drug-likeness (QED) is 0.890. The lowest BCUT2D eigenvalue weighted by molar-refractivity contribution is -0.119. The monoisotopic (exact) mass is 303 g/mol. The minimum atomic E-state index is -0.260. The molecule has 1 unspecified atom stereocenters. The van der Waals surface area contributed by atoms with Crippen LogP contribution < -0.4 is 5.32 Å². The molecule has 1 fully saturated rings. The third-order valence-electron chi connectivity index (χ3n) is 3.92. The van der Waals surface area contributed by atoms with Gasteiger partial charge in [0.05, 0.1) is 0 Å². The Kier molecular flexibility index (Phi) is 3.68. The highest BCUT2D eigenvalue weighted by Crippen LogP contribution is 2.32. The van der Waals surface area contributed by atoms with Crippen LogP contribution in [0.2, 0.25) is 5.02 Å². The van der Waals surface area contributed by atoms with E-state index in [4.69, 9.17) is 11.6 Å². The maximum absolute atomic E-state index is 13.7. The lowest BCUT2D eigenvalue weighted by Crippen LogP contribution is -2.13. The third-order valence-corrected chi connectivity index (χ3v) is 4.23. The minimum Gasteiger partial charge on any atom is -0.355 e. The van der Waals surface area contributed by atoms with Crippen LogP contribution >= 0.6 is 11.6 Å². The average molecular weight is 304 g/mol. The number of carbonyl (C=O) groups excluding carboxylic acids is 1. The van der Waals surface area contributed by atoms with E-state index < -0.39 is 0 Å². The van der Waals surface area contributed by atoms with Gasteiger partial charge in [-0.15, -0.1) is 0 Å². The molecule has 0 saturated carbocycles. The van der Waals surface area contributed by atoms with Crippen molar-refractivity contribution in [2.75, 3.05) is 6.54 Å². The van der Waals surface area contributed by atoms with Gasteiger partial charge in [-0.05, 0) is 35.7 Å². The molecule has 21 heavy (non-hydrogen) atoms. The van der Waals surface area contributed by atoms with Crippen LogP contribution in [-0.4, -0.2) is 12.5 Å². The Hall–Kier alpha value is -1.87. The van der Waals surface area contributed by atoms with Crippen molar-refractivity contribution in [1.82, 2.24) is 5.32 Å². The number of benzene rings is 2. The zero-order valence-corrected chi connectivity index (χ0v) is 12.4. The van der Waals surface area contributed by atoms with E-state index in [2.05, 4.69) is 5.32 Å². The molecule has 0 aliphatic carbocycles. The van der Waals surface area contributed by atoms with Crippen molar-refractivity contribution < 1.29 is 9.18 Å². The van der Waals surface area contributed by atoms with Crippen molar-refractivity contribution in [3.8, 4) is 11.1 Å². The summed E-state index contributed by atoms with van der Waals surface area (Å²) in [6.07, 6.45) is 0.527. The number of amides is 1. The number of hydrogen-bond acceptors (Lipinski definition) is 1. The molecule has 4 heteroatoms. The van der Waals surface area contributed by atoms with Gasteiger partial charge in [-0.1, -0.05) is 35.9 Å². The predicted molar refractivity (Wildman–Crippen MR) is 82.0 cm³/mol. The van der Waals surface area contributed by atoms with Crippen molar-refractivity contribution >= 4 is 17.5 Å². The summed E-state index contributed by atoms with van der Waals surface area (Å²) < 4.78 is 13.7. The van der Waals surface area contributed by atoms with Crippen LogP contribution in [-0.2, 0) is 4.79 Å². The average Bonchev–Trinajstić information content (AvgIpc) is 2.90. The van der Waals surface area contributed by atoms with Gasteiger partial charge in [0.1, 0.15) is 5.82 Å². The summed E-state index contributed by atoms with van der Waals surface area (Å²) in [6.45, 7) is 2.37. The van der Waals surface area contributed by atoms with Crippen LogP contribution in [0.5, 0.6) is 0 Å². The third kappa shape index (κ3) is 2.79. The molecule has 2 aromatic rings. The van der Waals surface area contributed by atoms with E-state index in [1.165, 1.54) is 6.07 Å². The van der Waals surface area contributed by atoms with E-state index in [1.54, 1.807) is 13.0 Å². The predicted octanol–water partition coefficient (Wildman–Crippen LogP) is 4.06. The number of hydrogen-bond donors (Lipinski definition) is 1. The van der Waals surface area contributed by atoms with Crippen LogP contribution in [0.1, 0.15) is 23.5 Å². The summed E-state index contributed by atoms with van der Waals surface area (Å²) in [5.74, 6) is 0.0496. The SMILES string of the molecule is Cc1cc(Cl)c(-c2ccc(C3CNC(=O)C3)cc2)cc1F. The largest absolute Gasteiger partial charge is 0.355 e. The smallest absolute Gasteiger partial charge is 0.220 e. The van der Waals surface area contributed by atoms with Crippen LogP contribution in [0.25, 0.3) is 11.1 Å². The molecule has 0 bridgehead atoms. The van der Waals surface area contributed by atoms with Gasteiger partial charge in [0.15, 0.2) is 0 Å². The fraction of sp³-hybridized carbons (Fsp3) is 0.235. The summed E-state index contributed by atoms with van der Waals surface area (Å²) in [6, 6.07) is 10.9. The molecule has 1 N–H and O–H groups in total. The van der Waals surface area contributed by atoms with E-state index in [0.29, 0.717) is 29.1 Å². The molecule has 0 spiro atoms. The molecule has 1 saturated heterocycles. The van der Waals surface area contributed by atoms with Gasteiger partial charge in [0.25, 0.3) is 0 Å². The fourth-order valence-corrected chi connectivity index (χ4v) is 2.97. The van der Waals surface area contributed by atoms with Gasteiger partial charge in [0, 0.05) is 29.5 Å². The first-order valence-electron chi connectivity index (χ1n) is 6.87. The Labute approximate surface area is 127 Å². The van der Waals surface area contributed by atoms with Gasteiger partial charge in [-0.25, -0.2) is 4.39 Å². The molecule has 1 amide bonds. The zero-order chi connectivity index (χ0) is 15.0. The van der Waals surface area contributed by atoms with Crippen LogP contribution in [0.3, 0.4) is 0 Å². The second-order valence-corrected chi connectivity index (χ2v) is 5.82. The van der Waals surface area contributed by atoms with Crippen molar-refractivity contribution in [2.45, 2.75) is 19.3 Å². The number of nitrogens with one attached hydrogen (secondary N) is 1. The maximum Gasteiger partial charge on any atom is 0.220 e. The second kappa shape index (κ2) is 5.49. The molecule has 2 aromatic carbocycles.